The third kappa shape index (κ3) is 5.60. The van der Waals surface area contributed by atoms with E-state index in [2.05, 4.69) is 24.1 Å². The van der Waals surface area contributed by atoms with Gasteiger partial charge in [0, 0.05) is 32.5 Å². The molecule has 0 aromatic carbocycles. The highest BCUT2D eigenvalue weighted by Gasteiger charge is 2.18. The maximum absolute atomic E-state index is 12.1. The van der Waals surface area contributed by atoms with Crippen LogP contribution in [0.2, 0.25) is 0 Å². The Morgan fingerprint density at radius 2 is 2.10 bits per heavy atom. The summed E-state index contributed by atoms with van der Waals surface area (Å²) in [5, 5.41) is 3.28. The van der Waals surface area contributed by atoms with Crippen molar-refractivity contribution in [2.75, 3.05) is 19.3 Å². The van der Waals surface area contributed by atoms with Crippen molar-refractivity contribution < 1.29 is 8.42 Å². The largest absolute Gasteiger partial charge is 0.337 e. The van der Waals surface area contributed by atoms with Gasteiger partial charge in [-0.3, -0.25) is 0 Å². The lowest BCUT2D eigenvalue weighted by Gasteiger charge is -2.17. The van der Waals surface area contributed by atoms with Gasteiger partial charge in [0.2, 0.25) is 10.0 Å². The summed E-state index contributed by atoms with van der Waals surface area (Å²) in [6.45, 7) is 5.33. The fraction of sp³-hybridized carbons (Fsp3) is 0.769. The van der Waals surface area contributed by atoms with Gasteiger partial charge < -0.3 is 9.88 Å². The molecule has 0 spiro atoms. The zero-order valence-electron chi connectivity index (χ0n) is 12.8. The lowest BCUT2D eigenvalue weighted by Crippen LogP contribution is -2.30. The van der Waals surface area contributed by atoms with E-state index < -0.39 is 10.0 Å². The first-order valence-corrected chi connectivity index (χ1v) is 8.57. The number of rotatable bonds is 9. The summed E-state index contributed by atoms with van der Waals surface area (Å²) in [6, 6.07) is 0.442. The first-order valence-electron chi connectivity index (χ1n) is 6.96. The summed E-state index contributed by atoms with van der Waals surface area (Å²) in [5.41, 5.74) is 0. The quantitative estimate of drug-likeness (QED) is 0.690. The van der Waals surface area contributed by atoms with E-state index in [9.17, 15) is 8.42 Å². The maximum Gasteiger partial charge on any atom is 0.214 e. The molecule has 116 valence electrons. The average Bonchev–Trinajstić information content (AvgIpc) is 2.74. The molecular weight excluding hydrogens is 276 g/mol. The molecule has 0 saturated heterocycles. The van der Waals surface area contributed by atoms with Gasteiger partial charge in [-0.15, -0.1) is 0 Å². The van der Waals surface area contributed by atoms with Crippen molar-refractivity contribution in [3.05, 3.63) is 18.2 Å². The Morgan fingerprint density at radius 3 is 2.65 bits per heavy atom. The molecule has 1 N–H and O–H groups in total. The van der Waals surface area contributed by atoms with E-state index >= 15 is 0 Å². The third-order valence-corrected chi connectivity index (χ3v) is 5.02. The molecular formula is C13H26N4O2S. The number of hydrogen-bond acceptors (Lipinski definition) is 4. The summed E-state index contributed by atoms with van der Waals surface area (Å²) >= 11 is 0. The van der Waals surface area contributed by atoms with Crippen LogP contribution >= 0.6 is 0 Å². The standard InChI is InChI=1S/C13H26N4O2S/c1-12(2)14-7-5-6-10-20(18,19)17(4)11-13-15-8-9-16(13)3/h8-9,12,14H,5-7,10-11H2,1-4H3. The van der Waals surface area contributed by atoms with Crippen molar-refractivity contribution in [1.82, 2.24) is 19.2 Å². The number of nitrogens with zero attached hydrogens (tertiary/aromatic N) is 3. The zero-order valence-corrected chi connectivity index (χ0v) is 13.7. The van der Waals surface area contributed by atoms with Crippen molar-refractivity contribution in [3.63, 3.8) is 0 Å². The summed E-state index contributed by atoms with van der Waals surface area (Å²) in [7, 11) is 0.267. The molecule has 0 fully saturated rings. The van der Waals surface area contributed by atoms with Crippen LogP contribution in [0.5, 0.6) is 0 Å². The first kappa shape index (κ1) is 17.1. The van der Waals surface area contributed by atoms with Crippen LogP contribution in [0.3, 0.4) is 0 Å². The number of imidazole rings is 1. The fourth-order valence-corrected chi connectivity index (χ4v) is 3.00. The van der Waals surface area contributed by atoms with Crippen LogP contribution in [-0.4, -0.2) is 47.7 Å². The van der Waals surface area contributed by atoms with Crippen molar-refractivity contribution in [1.29, 1.82) is 0 Å². The van der Waals surface area contributed by atoms with Crippen molar-refractivity contribution in [2.45, 2.75) is 39.3 Å². The van der Waals surface area contributed by atoms with E-state index in [1.807, 2.05) is 17.8 Å². The van der Waals surface area contributed by atoms with Gasteiger partial charge in [-0.2, -0.15) is 4.31 Å². The van der Waals surface area contributed by atoms with Gasteiger partial charge in [-0.1, -0.05) is 13.8 Å². The van der Waals surface area contributed by atoms with Crippen molar-refractivity contribution in [2.24, 2.45) is 7.05 Å². The van der Waals surface area contributed by atoms with Gasteiger partial charge in [0.15, 0.2) is 0 Å². The highest BCUT2D eigenvalue weighted by atomic mass is 32.2. The topological polar surface area (TPSA) is 67.2 Å². The predicted molar refractivity (Wildman–Crippen MR) is 80.8 cm³/mol. The number of aromatic nitrogens is 2. The lowest BCUT2D eigenvalue weighted by atomic mass is 10.3. The maximum atomic E-state index is 12.1. The predicted octanol–water partition coefficient (Wildman–Crippen LogP) is 0.960. The highest BCUT2D eigenvalue weighted by molar-refractivity contribution is 7.89. The molecule has 1 rings (SSSR count). The molecule has 0 unspecified atom stereocenters. The molecule has 7 heteroatoms. The molecule has 0 aliphatic carbocycles. The van der Waals surface area contributed by atoms with Crippen LogP contribution in [-0.2, 0) is 23.6 Å². The second-order valence-corrected chi connectivity index (χ2v) is 7.54. The van der Waals surface area contributed by atoms with Crippen LogP contribution in [0.25, 0.3) is 0 Å². The summed E-state index contributed by atoms with van der Waals surface area (Å²) in [4.78, 5) is 4.15. The van der Waals surface area contributed by atoms with E-state index in [1.165, 1.54) is 4.31 Å². The highest BCUT2D eigenvalue weighted by Crippen LogP contribution is 2.07. The Labute approximate surface area is 122 Å². The Balaban J connectivity index is 2.38. The lowest BCUT2D eigenvalue weighted by molar-refractivity contribution is 0.448. The van der Waals surface area contributed by atoms with Crippen LogP contribution in [0.15, 0.2) is 12.4 Å². The van der Waals surface area contributed by atoms with Crippen LogP contribution in [0, 0.1) is 0 Å². The van der Waals surface area contributed by atoms with Crippen molar-refractivity contribution >= 4 is 10.0 Å². The number of aryl methyl sites for hydroxylation is 1. The number of unbranched alkanes of at least 4 members (excludes halogenated alkanes) is 1. The van der Waals surface area contributed by atoms with Gasteiger partial charge in [0.05, 0.1) is 12.3 Å². The normalized spacial score (nSPS) is 12.5. The molecule has 0 radical (unpaired) electrons. The van der Waals surface area contributed by atoms with E-state index in [0.717, 1.165) is 18.8 Å². The number of hydrogen-bond donors (Lipinski definition) is 1. The SMILES string of the molecule is CC(C)NCCCCS(=O)(=O)N(C)Cc1nccn1C. The van der Waals surface area contributed by atoms with Crippen LogP contribution in [0.1, 0.15) is 32.5 Å². The molecule has 0 amide bonds. The molecule has 0 aliphatic heterocycles. The Bertz CT molecular complexity index is 496. The molecule has 1 aromatic rings. The van der Waals surface area contributed by atoms with E-state index in [-0.39, 0.29) is 5.75 Å². The molecule has 1 heterocycles. The van der Waals surface area contributed by atoms with Gasteiger partial charge in [-0.25, -0.2) is 13.4 Å². The van der Waals surface area contributed by atoms with E-state index in [1.54, 1.807) is 13.2 Å². The minimum Gasteiger partial charge on any atom is -0.337 e. The number of nitrogens with one attached hydrogen (secondary N) is 1. The number of sulfonamides is 1. The molecule has 6 nitrogen and oxygen atoms in total. The minimum atomic E-state index is -3.20. The van der Waals surface area contributed by atoms with Gasteiger partial charge >= 0.3 is 0 Å². The Kier molecular flexibility index (Phi) is 6.64. The molecule has 0 atom stereocenters. The second kappa shape index (κ2) is 7.75. The van der Waals surface area contributed by atoms with Crippen LogP contribution in [0.4, 0.5) is 0 Å². The Hall–Kier alpha value is -0.920. The Morgan fingerprint density at radius 1 is 1.40 bits per heavy atom. The summed E-state index contributed by atoms with van der Waals surface area (Å²) < 4.78 is 27.5. The van der Waals surface area contributed by atoms with E-state index in [4.69, 9.17) is 0 Å². The summed E-state index contributed by atoms with van der Waals surface area (Å²) in [6.07, 6.45) is 5.03. The molecule has 0 aliphatic rings. The summed E-state index contributed by atoms with van der Waals surface area (Å²) in [5.74, 6) is 0.936. The first-order chi connectivity index (χ1) is 9.33. The van der Waals surface area contributed by atoms with Gasteiger partial charge in [0.25, 0.3) is 0 Å². The van der Waals surface area contributed by atoms with E-state index in [0.29, 0.717) is 19.0 Å². The minimum absolute atomic E-state index is 0.188. The molecule has 0 saturated carbocycles. The zero-order chi connectivity index (χ0) is 15.2. The average molecular weight is 302 g/mol. The molecule has 1 aromatic heterocycles. The monoisotopic (exact) mass is 302 g/mol. The van der Waals surface area contributed by atoms with Crippen LogP contribution < -0.4 is 5.32 Å². The molecule has 0 bridgehead atoms. The smallest absolute Gasteiger partial charge is 0.214 e. The third-order valence-electron chi connectivity index (χ3n) is 3.14. The fourth-order valence-electron chi connectivity index (χ4n) is 1.80. The second-order valence-electron chi connectivity index (χ2n) is 5.34. The molecule has 20 heavy (non-hydrogen) atoms. The van der Waals surface area contributed by atoms with Gasteiger partial charge in [-0.05, 0) is 19.4 Å². The van der Waals surface area contributed by atoms with Crippen molar-refractivity contribution in [3.8, 4) is 0 Å². The van der Waals surface area contributed by atoms with Gasteiger partial charge in [0.1, 0.15) is 5.82 Å².